The normalized spacial score (nSPS) is 14.5. The SMILES string of the molecule is Cc1nc(Nc2cccc(Cl)c2)cc(N2CCc3cc([C@H](C)O)ccc3C2)n1. The lowest BCUT2D eigenvalue weighted by atomic mass is 9.96. The van der Waals surface area contributed by atoms with Crippen LogP contribution in [-0.4, -0.2) is 21.6 Å². The van der Waals surface area contributed by atoms with Gasteiger partial charge in [0.05, 0.1) is 6.10 Å². The lowest BCUT2D eigenvalue weighted by Crippen LogP contribution is -2.31. The van der Waals surface area contributed by atoms with Crippen molar-refractivity contribution < 1.29 is 5.11 Å². The molecule has 144 valence electrons. The molecular formula is C22H23ClN4O. The van der Waals surface area contributed by atoms with Gasteiger partial charge in [-0.05, 0) is 55.2 Å². The van der Waals surface area contributed by atoms with Gasteiger partial charge in [0.2, 0.25) is 0 Å². The first-order valence-electron chi connectivity index (χ1n) is 9.41. The number of aliphatic hydroxyl groups is 1. The molecule has 5 nitrogen and oxygen atoms in total. The van der Waals surface area contributed by atoms with E-state index in [1.807, 2.05) is 43.3 Å². The highest BCUT2D eigenvalue weighted by molar-refractivity contribution is 6.30. The van der Waals surface area contributed by atoms with E-state index in [4.69, 9.17) is 11.6 Å². The number of rotatable bonds is 4. The van der Waals surface area contributed by atoms with Gasteiger partial charge in [-0.2, -0.15) is 0 Å². The molecule has 4 rings (SSSR count). The van der Waals surface area contributed by atoms with Gasteiger partial charge in [0, 0.05) is 29.9 Å². The summed E-state index contributed by atoms with van der Waals surface area (Å²) in [5, 5.41) is 13.8. The fourth-order valence-electron chi connectivity index (χ4n) is 3.52. The highest BCUT2D eigenvalue weighted by Gasteiger charge is 2.19. The summed E-state index contributed by atoms with van der Waals surface area (Å²) < 4.78 is 0. The van der Waals surface area contributed by atoms with Gasteiger partial charge < -0.3 is 15.3 Å². The first-order valence-corrected chi connectivity index (χ1v) is 9.79. The Morgan fingerprint density at radius 3 is 2.75 bits per heavy atom. The summed E-state index contributed by atoms with van der Waals surface area (Å²) >= 11 is 6.08. The van der Waals surface area contributed by atoms with Crippen molar-refractivity contribution in [3.63, 3.8) is 0 Å². The van der Waals surface area contributed by atoms with E-state index in [1.165, 1.54) is 11.1 Å². The van der Waals surface area contributed by atoms with Gasteiger partial charge in [0.25, 0.3) is 0 Å². The monoisotopic (exact) mass is 394 g/mol. The lowest BCUT2D eigenvalue weighted by molar-refractivity contribution is 0.199. The van der Waals surface area contributed by atoms with Crippen molar-refractivity contribution in [2.75, 3.05) is 16.8 Å². The summed E-state index contributed by atoms with van der Waals surface area (Å²) in [6.07, 6.45) is 0.490. The first-order chi connectivity index (χ1) is 13.5. The molecule has 2 N–H and O–H groups in total. The van der Waals surface area contributed by atoms with E-state index in [1.54, 1.807) is 6.92 Å². The van der Waals surface area contributed by atoms with Crippen LogP contribution in [0.15, 0.2) is 48.5 Å². The van der Waals surface area contributed by atoms with E-state index >= 15 is 0 Å². The third-order valence-electron chi connectivity index (χ3n) is 4.97. The summed E-state index contributed by atoms with van der Waals surface area (Å²) in [7, 11) is 0. The fourth-order valence-corrected chi connectivity index (χ4v) is 3.71. The van der Waals surface area contributed by atoms with Crippen LogP contribution in [0, 0.1) is 6.92 Å². The zero-order chi connectivity index (χ0) is 19.7. The topological polar surface area (TPSA) is 61.3 Å². The van der Waals surface area contributed by atoms with Crippen molar-refractivity contribution in [3.05, 3.63) is 76.1 Å². The number of hydrogen-bond donors (Lipinski definition) is 2. The van der Waals surface area contributed by atoms with E-state index < -0.39 is 6.10 Å². The van der Waals surface area contributed by atoms with Crippen LogP contribution in [0.2, 0.25) is 5.02 Å². The van der Waals surface area contributed by atoms with Crippen LogP contribution in [0.3, 0.4) is 0 Å². The average Bonchev–Trinajstić information content (AvgIpc) is 2.66. The maximum Gasteiger partial charge on any atom is 0.136 e. The van der Waals surface area contributed by atoms with Gasteiger partial charge in [-0.15, -0.1) is 0 Å². The van der Waals surface area contributed by atoms with Crippen LogP contribution in [-0.2, 0) is 13.0 Å². The van der Waals surface area contributed by atoms with Crippen LogP contribution in [0.4, 0.5) is 17.3 Å². The standard InChI is InChI=1S/C22H23ClN4O/c1-14(28)16-6-7-18-13-27(9-8-17(18)10-16)22-12-21(24-15(2)25-22)26-20-5-3-4-19(23)11-20/h3-7,10-12,14,28H,8-9,13H2,1-2H3,(H,24,25,26)/t14-/m0/s1. The Bertz CT molecular complexity index is 1010. The predicted molar refractivity (Wildman–Crippen MR) is 113 cm³/mol. The van der Waals surface area contributed by atoms with Crippen LogP contribution >= 0.6 is 11.6 Å². The van der Waals surface area contributed by atoms with Crippen molar-refractivity contribution in [2.45, 2.75) is 32.9 Å². The number of anilines is 3. The number of aromatic nitrogens is 2. The van der Waals surface area contributed by atoms with Crippen LogP contribution < -0.4 is 10.2 Å². The molecular weight excluding hydrogens is 372 g/mol. The molecule has 3 aromatic rings. The Morgan fingerprint density at radius 1 is 1.11 bits per heavy atom. The highest BCUT2D eigenvalue weighted by Crippen LogP contribution is 2.28. The summed E-state index contributed by atoms with van der Waals surface area (Å²) in [5.74, 6) is 2.37. The molecule has 28 heavy (non-hydrogen) atoms. The molecule has 6 heteroatoms. The first kappa shape index (κ1) is 18.7. The molecule has 1 atom stereocenters. The van der Waals surface area contributed by atoms with Crippen molar-refractivity contribution in [2.24, 2.45) is 0 Å². The number of halogens is 1. The third kappa shape index (κ3) is 4.11. The van der Waals surface area contributed by atoms with Gasteiger partial charge in [0.1, 0.15) is 17.5 Å². The minimum absolute atomic E-state index is 0.437. The molecule has 1 aliphatic heterocycles. The van der Waals surface area contributed by atoms with Gasteiger partial charge in [-0.3, -0.25) is 0 Å². The van der Waals surface area contributed by atoms with E-state index in [-0.39, 0.29) is 0 Å². The highest BCUT2D eigenvalue weighted by atomic mass is 35.5. The second kappa shape index (κ2) is 7.78. The second-order valence-corrected chi connectivity index (χ2v) is 7.61. The Labute approximate surface area is 170 Å². The van der Waals surface area contributed by atoms with Crippen molar-refractivity contribution in [1.29, 1.82) is 0 Å². The minimum Gasteiger partial charge on any atom is -0.389 e. The van der Waals surface area contributed by atoms with Crippen molar-refractivity contribution in [1.82, 2.24) is 9.97 Å². The van der Waals surface area contributed by atoms with Gasteiger partial charge in [-0.1, -0.05) is 35.9 Å². The number of hydrogen-bond acceptors (Lipinski definition) is 5. The Balaban J connectivity index is 1.57. The van der Waals surface area contributed by atoms with E-state index in [0.717, 1.165) is 48.2 Å². The molecule has 0 aliphatic carbocycles. The molecule has 1 aromatic heterocycles. The maximum absolute atomic E-state index is 9.81. The van der Waals surface area contributed by atoms with Gasteiger partial charge >= 0.3 is 0 Å². The summed E-state index contributed by atoms with van der Waals surface area (Å²) in [6, 6.07) is 15.8. The molecule has 2 aromatic carbocycles. The van der Waals surface area contributed by atoms with E-state index in [0.29, 0.717) is 5.02 Å². The molecule has 0 spiro atoms. The second-order valence-electron chi connectivity index (χ2n) is 7.17. The fraction of sp³-hybridized carbons (Fsp3) is 0.273. The molecule has 0 saturated carbocycles. The van der Waals surface area contributed by atoms with Gasteiger partial charge in [0.15, 0.2) is 0 Å². The number of nitrogens with zero attached hydrogens (tertiary/aromatic N) is 3. The van der Waals surface area contributed by atoms with Gasteiger partial charge in [-0.25, -0.2) is 9.97 Å². The number of aryl methyl sites for hydroxylation is 1. The molecule has 1 aliphatic rings. The largest absolute Gasteiger partial charge is 0.389 e. The van der Waals surface area contributed by atoms with Crippen LogP contribution in [0.1, 0.15) is 35.5 Å². The number of nitrogens with one attached hydrogen (secondary N) is 1. The molecule has 2 heterocycles. The third-order valence-corrected chi connectivity index (χ3v) is 5.21. The van der Waals surface area contributed by atoms with Crippen LogP contribution in [0.5, 0.6) is 0 Å². The molecule has 0 fully saturated rings. The summed E-state index contributed by atoms with van der Waals surface area (Å²) in [4.78, 5) is 11.4. The molecule has 0 saturated heterocycles. The zero-order valence-corrected chi connectivity index (χ0v) is 16.7. The Morgan fingerprint density at radius 2 is 1.96 bits per heavy atom. The maximum atomic E-state index is 9.81. The molecule has 0 unspecified atom stereocenters. The number of fused-ring (bicyclic) bond motifs is 1. The minimum atomic E-state index is -0.437. The van der Waals surface area contributed by atoms with Crippen LogP contribution in [0.25, 0.3) is 0 Å². The van der Waals surface area contributed by atoms with E-state index in [2.05, 4.69) is 32.3 Å². The zero-order valence-electron chi connectivity index (χ0n) is 16.0. The number of aliphatic hydroxyl groups excluding tert-OH is 1. The average molecular weight is 395 g/mol. The summed E-state index contributed by atoms with van der Waals surface area (Å²) in [6.45, 7) is 5.38. The molecule has 0 radical (unpaired) electrons. The Hall–Kier alpha value is -2.63. The lowest BCUT2D eigenvalue weighted by Gasteiger charge is -2.30. The summed E-state index contributed by atoms with van der Waals surface area (Å²) in [5.41, 5.74) is 4.44. The quantitative estimate of drug-likeness (QED) is 0.665. The molecule has 0 amide bonds. The number of benzene rings is 2. The molecule has 0 bridgehead atoms. The van der Waals surface area contributed by atoms with Crippen molar-refractivity contribution >= 4 is 28.9 Å². The van der Waals surface area contributed by atoms with Crippen molar-refractivity contribution in [3.8, 4) is 0 Å². The Kier molecular flexibility index (Phi) is 5.20. The smallest absolute Gasteiger partial charge is 0.136 e. The predicted octanol–water partition coefficient (Wildman–Crippen LogP) is 4.80. The van der Waals surface area contributed by atoms with E-state index in [9.17, 15) is 5.11 Å².